The molecule has 1 N–H and O–H groups in total. The Morgan fingerprint density at radius 1 is 1.30 bits per heavy atom. The van der Waals surface area contributed by atoms with Crippen molar-refractivity contribution in [1.82, 2.24) is 9.55 Å². The molecule has 1 heterocycles. The van der Waals surface area contributed by atoms with E-state index in [4.69, 9.17) is 9.47 Å². The summed E-state index contributed by atoms with van der Waals surface area (Å²) in [4.78, 5) is 16.0. The lowest BCUT2D eigenvalue weighted by atomic mass is 10.2. The first-order valence-corrected chi connectivity index (χ1v) is 6.46. The molecule has 0 saturated carbocycles. The normalized spacial score (nSPS) is 10.6. The second-order valence-corrected chi connectivity index (χ2v) is 4.45. The van der Waals surface area contributed by atoms with Crippen LogP contribution in [0.25, 0.3) is 11.0 Å². The van der Waals surface area contributed by atoms with Gasteiger partial charge in [-0.05, 0) is 13.8 Å². The molecule has 0 aliphatic rings. The topological polar surface area (TPSA) is 65.4 Å². The minimum Gasteiger partial charge on any atom is -0.493 e. The van der Waals surface area contributed by atoms with Gasteiger partial charge in [0.25, 0.3) is 0 Å². The SMILES string of the molecule is CCNc1nc2cc(OC)c(OC)cc2n1CC(C)=O. The van der Waals surface area contributed by atoms with Crippen LogP contribution in [0.3, 0.4) is 0 Å². The zero-order chi connectivity index (χ0) is 14.7. The Hall–Kier alpha value is -2.24. The molecule has 0 spiro atoms. The Balaban J connectivity index is 2.64. The smallest absolute Gasteiger partial charge is 0.204 e. The number of benzene rings is 1. The standard InChI is InChI=1S/C14H19N3O3/c1-5-15-14-16-10-6-12(19-3)13(20-4)7-11(10)17(14)8-9(2)18/h6-7H,5,8H2,1-4H3,(H,15,16). The third kappa shape index (κ3) is 2.54. The van der Waals surface area contributed by atoms with E-state index in [1.54, 1.807) is 21.1 Å². The highest BCUT2D eigenvalue weighted by Crippen LogP contribution is 2.33. The predicted molar refractivity (Wildman–Crippen MR) is 77.7 cm³/mol. The first-order valence-electron chi connectivity index (χ1n) is 6.46. The molecule has 1 aromatic heterocycles. The van der Waals surface area contributed by atoms with Crippen molar-refractivity contribution in [1.29, 1.82) is 0 Å². The molecule has 2 aromatic rings. The van der Waals surface area contributed by atoms with Crippen molar-refractivity contribution in [2.75, 3.05) is 26.1 Å². The number of carbonyl (C=O) groups is 1. The van der Waals surface area contributed by atoms with Crippen molar-refractivity contribution >= 4 is 22.8 Å². The molecule has 0 aliphatic carbocycles. The zero-order valence-corrected chi connectivity index (χ0v) is 12.2. The van der Waals surface area contributed by atoms with E-state index in [1.807, 2.05) is 23.6 Å². The number of ketones is 1. The van der Waals surface area contributed by atoms with Crippen LogP contribution in [0, 0.1) is 0 Å². The van der Waals surface area contributed by atoms with Gasteiger partial charge in [-0.1, -0.05) is 0 Å². The predicted octanol–water partition coefficient (Wildman–Crippen LogP) is 2.07. The summed E-state index contributed by atoms with van der Waals surface area (Å²) in [6, 6.07) is 3.65. The highest BCUT2D eigenvalue weighted by molar-refractivity contribution is 5.85. The third-order valence-electron chi connectivity index (χ3n) is 2.97. The summed E-state index contributed by atoms with van der Waals surface area (Å²) >= 11 is 0. The first kappa shape index (κ1) is 14.2. The minimum atomic E-state index is 0.0678. The second kappa shape index (κ2) is 5.81. The third-order valence-corrected chi connectivity index (χ3v) is 2.97. The number of fused-ring (bicyclic) bond motifs is 1. The van der Waals surface area contributed by atoms with Gasteiger partial charge in [0.1, 0.15) is 5.78 Å². The lowest BCUT2D eigenvalue weighted by Crippen LogP contribution is -2.11. The van der Waals surface area contributed by atoms with Crippen LogP contribution in [-0.4, -0.2) is 36.1 Å². The van der Waals surface area contributed by atoms with Crippen molar-refractivity contribution in [2.45, 2.75) is 20.4 Å². The number of nitrogens with one attached hydrogen (secondary N) is 1. The Kier molecular flexibility index (Phi) is 4.12. The van der Waals surface area contributed by atoms with Crippen molar-refractivity contribution in [3.05, 3.63) is 12.1 Å². The molecule has 0 radical (unpaired) electrons. The van der Waals surface area contributed by atoms with E-state index in [-0.39, 0.29) is 12.3 Å². The number of hydrogen-bond donors (Lipinski definition) is 1. The quantitative estimate of drug-likeness (QED) is 0.875. The monoisotopic (exact) mass is 277 g/mol. The molecule has 0 atom stereocenters. The molecule has 0 unspecified atom stereocenters. The Morgan fingerprint density at radius 3 is 2.50 bits per heavy atom. The van der Waals surface area contributed by atoms with Gasteiger partial charge < -0.3 is 19.4 Å². The Labute approximate surface area is 117 Å². The fraction of sp³-hybridized carbons (Fsp3) is 0.429. The second-order valence-electron chi connectivity index (χ2n) is 4.45. The van der Waals surface area contributed by atoms with Gasteiger partial charge in [-0.15, -0.1) is 0 Å². The highest BCUT2D eigenvalue weighted by Gasteiger charge is 2.15. The van der Waals surface area contributed by atoms with Crippen LogP contribution in [0.1, 0.15) is 13.8 Å². The molecule has 0 fully saturated rings. The average molecular weight is 277 g/mol. The molecule has 0 bridgehead atoms. The van der Waals surface area contributed by atoms with Gasteiger partial charge in [-0.3, -0.25) is 4.79 Å². The van der Waals surface area contributed by atoms with E-state index >= 15 is 0 Å². The van der Waals surface area contributed by atoms with E-state index in [9.17, 15) is 4.79 Å². The van der Waals surface area contributed by atoms with Crippen LogP contribution in [0.2, 0.25) is 0 Å². The van der Waals surface area contributed by atoms with Gasteiger partial charge in [-0.25, -0.2) is 4.98 Å². The van der Waals surface area contributed by atoms with Gasteiger partial charge in [-0.2, -0.15) is 0 Å². The number of Topliss-reactive ketones (excluding diaryl/α,β-unsaturated/α-hetero) is 1. The number of nitrogens with zero attached hydrogens (tertiary/aromatic N) is 2. The fourth-order valence-electron chi connectivity index (χ4n) is 2.13. The molecule has 0 amide bonds. The molecule has 0 saturated heterocycles. The maximum absolute atomic E-state index is 11.5. The van der Waals surface area contributed by atoms with Crippen LogP contribution in [0.15, 0.2) is 12.1 Å². The number of rotatable bonds is 6. The van der Waals surface area contributed by atoms with Crippen LogP contribution in [0.5, 0.6) is 11.5 Å². The van der Waals surface area contributed by atoms with Crippen molar-refractivity contribution in [3.63, 3.8) is 0 Å². The number of aromatic nitrogens is 2. The van der Waals surface area contributed by atoms with E-state index in [0.717, 1.165) is 17.6 Å². The zero-order valence-electron chi connectivity index (χ0n) is 12.2. The van der Waals surface area contributed by atoms with Crippen LogP contribution < -0.4 is 14.8 Å². The summed E-state index contributed by atoms with van der Waals surface area (Å²) in [6.07, 6.45) is 0. The average Bonchev–Trinajstić information content (AvgIpc) is 2.74. The lowest BCUT2D eigenvalue weighted by molar-refractivity contribution is -0.117. The Bertz CT molecular complexity index is 634. The van der Waals surface area contributed by atoms with Gasteiger partial charge in [0.15, 0.2) is 11.5 Å². The molecule has 108 valence electrons. The maximum Gasteiger partial charge on any atom is 0.204 e. The number of carbonyl (C=O) groups excluding carboxylic acids is 1. The van der Waals surface area contributed by atoms with E-state index in [0.29, 0.717) is 17.4 Å². The summed E-state index contributed by atoms with van der Waals surface area (Å²) in [5.41, 5.74) is 1.61. The van der Waals surface area contributed by atoms with Gasteiger partial charge in [0, 0.05) is 18.7 Å². The van der Waals surface area contributed by atoms with Gasteiger partial charge in [0.2, 0.25) is 5.95 Å². The molecule has 1 aromatic carbocycles. The van der Waals surface area contributed by atoms with Crippen molar-refractivity contribution in [3.8, 4) is 11.5 Å². The molecule has 6 heteroatoms. The fourth-order valence-corrected chi connectivity index (χ4v) is 2.13. The Morgan fingerprint density at radius 2 is 1.95 bits per heavy atom. The summed E-state index contributed by atoms with van der Waals surface area (Å²) in [5, 5.41) is 3.16. The number of hydrogen-bond acceptors (Lipinski definition) is 5. The lowest BCUT2D eigenvalue weighted by Gasteiger charge is -2.09. The molecular formula is C14H19N3O3. The number of ether oxygens (including phenoxy) is 2. The summed E-state index contributed by atoms with van der Waals surface area (Å²) in [5.74, 6) is 1.98. The highest BCUT2D eigenvalue weighted by atomic mass is 16.5. The molecular weight excluding hydrogens is 258 g/mol. The van der Waals surface area contributed by atoms with Gasteiger partial charge in [0.05, 0.1) is 31.8 Å². The summed E-state index contributed by atoms with van der Waals surface area (Å²) in [7, 11) is 3.17. The van der Waals surface area contributed by atoms with Crippen molar-refractivity contribution in [2.24, 2.45) is 0 Å². The number of methoxy groups -OCH3 is 2. The summed E-state index contributed by atoms with van der Waals surface area (Å²) < 4.78 is 12.4. The first-order chi connectivity index (χ1) is 9.60. The van der Waals surface area contributed by atoms with Gasteiger partial charge >= 0.3 is 0 Å². The van der Waals surface area contributed by atoms with Crippen molar-refractivity contribution < 1.29 is 14.3 Å². The molecule has 2 rings (SSSR count). The van der Waals surface area contributed by atoms with Crippen LogP contribution in [-0.2, 0) is 11.3 Å². The maximum atomic E-state index is 11.5. The van der Waals surface area contributed by atoms with E-state index in [1.165, 1.54) is 0 Å². The van der Waals surface area contributed by atoms with E-state index < -0.39 is 0 Å². The van der Waals surface area contributed by atoms with Crippen LogP contribution in [0.4, 0.5) is 5.95 Å². The van der Waals surface area contributed by atoms with Crippen LogP contribution >= 0.6 is 0 Å². The number of imidazole rings is 1. The van der Waals surface area contributed by atoms with E-state index in [2.05, 4.69) is 10.3 Å². The minimum absolute atomic E-state index is 0.0678. The number of anilines is 1. The molecule has 6 nitrogen and oxygen atoms in total. The largest absolute Gasteiger partial charge is 0.493 e. The molecule has 20 heavy (non-hydrogen) atoms. The summed E-state index contributed by atoms with van der Waals surface area (Å²) in [6.45, 7) is 4.55. The molecule has 0 aliphatic heterocycles.